The minimum absolute atomic E-state index is 0.00870. The second kappa shape index (κ2) is 8.03. The average Bonchev–Trinajstić information content (AvgIpc) is 2.30. The molecule has 1 aliphatic heterocycles. The Morgan fingerprint density at radius 3 is 2.17 bits per heavy atom. The lowest BCUT2D eigenvalue weighted by molar-refractivity contribution is -0.159. The highest BCUT2D eigenvalue weighted by Gasteiger charge is 2.12. The van der Waals surface area contributed by atoms with Crippen molar-refractivity contribution in [2.75, 3.05) is 20.1 Å². The number of carboxylic acids is 2. The largest absolute Gasteiger partial charge is 0.473 e. The van der Waals surface area contributed by atoms with Crippen molar-refractivity contribution >= 4 is 17.7 Å². The van der Waals surface area contributed by atoms with E-state index in [0.29, 0.717) is 0 Å². The first-order chi connectivity index (χ1) is 8.38. The zero-order valence-corrected chi connectivity index (χ0v) is 10.3. The molecule has 6 heteroatoms. The molecule has 0 aromatic heterocycles. The van der Waals surface area contributed by atoms with Crippen LogP contribution < -0.4 is 0 Å². The normalized spacial score (nSPS) is 14.2. The number of ketones is 1. The SMILES string of the molecule is CC#CC(=O)C1=CCN(C)CC1.O=C(O)C(=O)O. The van der Waals surface area contributed by atoms with Crippen molar-refractivity contribution in [3.05, 3.63) is 11.6 Å². The van der Waals surface area contributed by atoms with Crippen LogP contribution >= 0.6 is 0 Å². The number of nitrogens with zero attached hydrogens (tertiary/aromatic N) is 1. The summed E-state index contributed by atoms with van der Waals surface area (Å²) in [6, 6.07) is 0. The Kier molecular flexibility index (Phi) is 7.08. The number of hydrogen-bond acceptors (Lipinski definition) is 4. The maximum Gasteiger partial charge on any atom is 0.414 e. The Hall–Kier alpha value is -2.13. The fraction of sp³-hybridized carbons (Fsp3) is 0.417. The molecule has 1 heterocycles. The zero-order valence-electron chi connectivity index (χ0n) is 10.3. The van der Waals surface area contributed by atoms with Gasteiger partial charge in [0.2, 0.25) is 5.78 Å². The molecular weight excluding hydrogens is 238 g/mol. The van der Waals surface area contributed by atoms with Gasteiger partial charge in [-0.2, -0.15) is 0 Å². The first kappa shape index (κ1) is 15.9. The van der Waals surface area contributed by atoms with Gasteiger partial charge in [-0.25, -0.2) is 9.59 Å². The summed E-state index contributed by atoms with van der Waals surface area (Å²) in [6.07, 6.45) is 2.81. The van der Waals surface area contributed by atoms with Crippen LogP contribution in [0.3, 0.4) is 0 Å². The van der Waals surface area contributed by atoms with Crippen molar-refractivity contribution in [3.63, 3.8) is 0 Å². The molecule has 0 fully saturated rings. The molecule has 1 rings (SSSR count). The molecule has 0 bridgehead atoms. The number of Topliss-reactive ketones (excluding diaryl/α,β-unsaturated/α-hetero) is 1. The van der Waals surface area contributed by atoms with Crippen LogP contribution in [0.4, 0.5) is 0 Å². The average molecular weight is 253 g/mol. The van der Waals surface area contributed by atoms with Crippen LogP contribution in [0.25, 0.3) is 0 Å². The Morgan fingerprint density at radius 2 is 1.83 bits per heavy atom. The Balaban J connectivity index is 0.000000411. The van der Waals surface area contributed by atoms with Gasteiger partial charge in [0.1, 0.15) is 0 Å². The highest BCUT2D eigenvalue weighted by molar-refractivity contribution is 6.27. The molecule has 0 saturated carbocycles. The molecule has 0 radical (unpaired) electrons. The van der Waals surface area contributed by atoms with Gasteiger partial charge in [-0.05, 0) is 26.3 Å². The molecule has 6 nitrogen and oxygen atoms in total. The van der Waals surface area contributed by atoms with E-state index in [1.807, 2.05) is 13.1 Å². The van der Waals surface area contributed by atoms with Gasteiger partial charge in [0, 0.05) is 18.7 Å². The third-order valence-corrected chi connectivity index (χ3v) is 2.13. The fourth-order valence-electron chi connectivity index (χ4n) is 1.17. The van der Waals surface area contributed by atoms with Gasteiger partial charge in [0.15, 0.2) is 0 Å². The minimum Gasteiger partial charge on any atom is -0.473 e. The molecule has 0 atom stereocenters. The van der Waals surface area contributed by atoms with Gasteiger partial charge in [-0.3, -0.25) is 4.79 Å². The molecular formula is C12H15NO5. The van der Waals surface area contributed by atoms with Gasteiger partial charge >= 0.3 is 11.9 Å². The molecule has 0 aliphatic carbocycles. The van der Waals surface area contributed by atoms with Crippen molar-refractivity contribution in [3.8, 4) is 11.8 Å². The van der Waals surface area contributed by atoms with Gasteiger partial charge in [-0.15, -0.1) is 0 Å². The number of hydrogen-bond donors (Lipinski definition) is 2. The van der Waals surface area contributed by atoms with E-state index in [4.69, 9.17) is 19.8 Å². The van der Waals surface area contributed by atoms with Crippen LogP contribution in [0.15, 0.2) is 11.6 Å². The van der Waals surface area contributed by atoms with E-state index in [0.717, 1.165) is 25.1 Å². The van der Waals surface area contributed by atoms with E-state index in [1.165, 1.54) is 0 Å². The predicted octanol–water partition coefficient (Wildman–Crippen LogP) is -0.00370. The Labute approximate surface area is 105 Å². The van der Waals surface area contributed by atoms with E-state index in [1.54, 1.807) is 6.92 Å². The van der Waals surface area contributed by atoms with Gasteiger partial charge in [0.05, 0.1) is 0 Å². The van der Waals surface area contributed by atoms with E-state index in [9.17, 15) is 4.79 Å². The Morgan fingerprint density at radius 1 is 1.28 bits per heavy atom. The standard InChI is InChI=1S/C10H13NO.C2H2O4/c1-3-4-10(12)9-5-7-11(2)8-6-9;3-1(4)2(5)6/h5H,6-8H2,1-2H3;(H,3,4)(H,5,6). The lowest BCUT2D eigenvalue weighted by Crippen LogP contribution is -2.25. The number of likely N-dealkylation sites (N-methyl/N-ethyl adjacent to an activating group) is 1. The third kappa shape index (κ3) is 6.45. The van der Waals surface area contributed by atoms with Crippen LogP contribution in [0.1, 0.15) is 13.3 Å². The highest BCUT2D eigenvalue weighted by atomic mass is 16.4. The molecule has 2 N–H and O–H groups in total. The summed E-state index contributed by atoms with van der Waals surface area (Å²) in [7, 11) is 2.04. The summed E-state index contributed by atoms with van der Waals surface area (Å²) < 4.78 is 0. The number of aliphatic carboxylic acids is 2. The van der Waals surface area contributed by atoms with Crippen LogP contribution in [-0.4, -0.2) is 53.0 Å². The quantitative estimate of drug-likeness (QED) is 0.388. The van der Waals surface area contributed by atoms with E-state index >= 15 is 0 Å². The third-order valence-electron chi connectivity index (χ3n) is 2.13. The van der Waals surface area contributed by atoms with E-state index in [2.05, 4.69) is 16.7 Å². The van der Waals surface area contributed by atoms with E-state index in [-0.39, 0.29) is 5.78 Å². The summed E-state index contributed by atoms with van der Waals surface area (Å²) in [6.45, 7) is 3.52. The lowest BCUT2D eigenvalue weighted by Gasteiger charge is -2.19. The maximum absolute atomic E-state index is 11.2. The summed E-state index contributed by atoms with van der Waals surface area (Å²) in [5.74, 6) is 1.52. The molecule has 0 amide bonds. The number of carbonyl (C=O) groups is 3. The van der Waals surface area contributed by atoms with Crippen LogP contribution in [0, 0.1) is 11.8 Å². The van der Waals surface area contributed by atoms with Crippen LogP contribution in [0.2, 0.25) is 0 Å². The van der Waals surface area contributed by atoms with Crippen molar-refractivity contribution in [1.29, 1.82) is 0 Å². The second-order valence-electron chi connectivity index (χ2n) is 3.56. The van der Waals surface area contributed by atoms with Crippen molar-refractivity contribution < 1.29 is 24.6 Å². The van der Waals surface area contributed by atoms with Gasteiger partial charge in [-0.1, -0.05) is 12.0 Å². The summed E-state index contributed by atoms with van der Waals surface area (Å²) in [4.78, 5) is 31.6. The zero-order chi connectivity index (χ0) is 14.1. The van der Waals surface area contributed by atoms with Crippen LogP contribution in [-0.2, 0) is 14.4 Å². The Bertz CT molecular complexity index is 415. The smallest absolute Gasteiger partial charge is 0.414 e. The number of carboxylic acid groups (broad SMARTS) is 2. The molecule has 0 saturated heterocycles. The molecule has 0 aromatic rings. The maximum atomic E-state index is 11.2. The fourth-order valence-corrected chi connectivity index (χ4v) is 1.17. The monoisotopic (exact) mass is 253 g/mol. The van der Waals surface area contributed by atoms with Crippen molar-refractivity contribution in [1.82, 2.24) is 4.90 Å². The molecule has 1 aliphatic rings. The molecule has 0 spiro atoms. The van der Waals surface area contributed by atoms with Gasteiger partial charge < -0.3 is 15.1 Å². The van der Waals surface area contributed by atoms with E-state index < -0.39 is 11.9 Å². The van der Waals surface area contributed by atoms with Crippen molar-refractivity contribution in [2.24, 2.45) is 0 Å². The predicted molar refractivity (Wildman–Crippen MR) is 63.9 cm³/mol. The van der Waals surface area contributed by atoms with Gasteiger partial charge in [0.25, 0.3) is 0 Å². The lowest BCUT2D eigenvalue weighted by atomic mass is 10.0. The summed E-state index contributed by atoms with van der Waals surface area (Å²) in [5.41, 5.74) is 0.877. The molecule has 0 unspecified atom stereocenters. The number of rotatable bonds is 1. The topological polar surface area (TPSA) is 94.9 Å². The first-order valence-electron chi connectivity index (χ1n) is 5.19. The number of carbonyl (C=O) groups excluding carboxylic acids is 1. The van der Waals surface area contributed by atoms with Crippen molar-refractivity contribution in [2.45, 2.75) is 13.3 Å². The summed E-state index contributed by atoms with van der Waals surface area (Å²) in [5, 5.41) is 14.8. The van der Waals surface area contributed by atoms with Crippen LogP contribution in [0.5, 0.6) is 0 Å². The second-order valence-corrected chi connectivity index (χ2v) is 3.56. The molecule has 0 aromatic carbocycles. The summed E-state index contributed by atoms with van der Waals surface area (Å²) >= 11 is 0. The molecule has 98 valence electrons. The first-order valence-corrected chi connectivity index (χ1v) is 5.19. The minimum atomic E-state index is -1.82. The highest BCUT2D eigenvalue weighted by Crippen LogP contribution is 2.09. The molecule has 18 heavy (non-hydrogen) atoms.